The van der Waals surface area contributed by atoms with Crippen molar-refractivity contribution in [1.29, 1.82) is 5.26 Å². The van der Waals surface area contributed by atoms with Crippen molar-refractivity contribution in [3.63, 3.8) is 0 Å². The normalized spacial score (nSPS) is 14.9. The van der Waals surface area contributed by atoms with Crippen molar-refractivity contribution in [3.8, 4) is 16.5 Å². The van der Waals surface area contributed by atoms with Gasteiger partial charge in [0.15, 0.2) is 5.69 Å². The van der Waals surface area contributed by atoms with Crippen LogP contribution >= 0.6 is 22.9 Å². The Morgan fingerprint density at radius 3 is 2.56 bits per heavy atom. The number of rotatable bonds is 4. The van der Waals surface area contributed by atoms with Crippen molar-refractivity contribution in [2.24, 2.45) is 0 Å². The van der Waals surface area contributed by atoms with E-state index in [1.54, 1.807) is 17.5 Å². The van der Waals surface area contributed by atoms with Gasteiger partial charge in [0.25, 0.3) is 0 Å². The number of hydrogen-bond donors (Lipinski definition) is 0. The average Bonchev–Trinajstić information content (AvgIpc) is 3.17. The molecule has 1 aromatic carbocycles. The van der Waals surface area contributed by atoms with Crippen molar-refractivity contribution in [2.45, 2.75) is 6.54 Å². The predicted octanol–water partition coefficient (Wildman–Crippen LogP) is 4.05. The van der Waals surface area contributed by atoms with E-state index in [1.165, 1.54) is 16.0 Å². The van der Waals surface area contributed by atoms with Crippen molar-refractivity contribution in [2.75, 3.05) is 31.1 Å². The minimum atomic E-state index is 0.351. The summed E-state index contributed by atoms with van der Waals surface area (Å²) >= 11 is 8.12. The molecule has 0 unspecified atom stereocenters. The van der Waals surface area contributed by atoms with Crippen LogP contribution in [0.4, 0.5) is 5.82 Å². The summed E-state index contributed by atoms with van der Waals surface area (Å²) in [5.74, 6) is 0.839. The van der Waals surface area contributed by atoms with Crippen molar-refractivity contribution < 1.29 is 0 Å². The average molecular weight is 396 g/mol. The van der Waals surface area contributed by atoms with Crippen LogP contribution in [-0.4, -0.2) is 41.0 Å². The molecular weight excluding hydrogens is 378 g/mol. The molecule has 7 heteroatoms. The number of hydrogen-bond acceptors (Lipinski definition) is 6. The van der Waals surface area contributed by atoms with Gasteiger partial charge in [-0.25, -0.2) is 9.97 Å². The molecule has 0 radical (unpaired) electrons. The second kappa shape index (κ2) is 8.05. The number of aromatic nitrogens is 2. The molecule has 3 aromatic rings. The maximum Gasteiger partial charge on any atom is 0.158 e. The Labute approximate surface area is 167 Å². The van der Waals surface area contributed by atoms with Gasteiger partial charge in [-0.1, -0.05) is 29.8 Å². The van der Waals surface area contributed by atoms with E-state index in [4.69, 9.17) is 16.9 Å². The summed E-state index contributed by atoms with van der Waals surface area (Å²) in [4.78, 5) is 15.7. The van der Waals surface area contributed by atoms with Gasteiger partial charge in [0.1, 0.15) is 11.9 Å². The van der Waals surface area contributed by atoms with Crippen LogP contribution in [0.25, 0.3) is 10.4 Å². The summed E-state index contributed by atoms with van der Waals surface area (Å²) in [6.07, 6.45) is 3.22. The van der Waals surface area contributed by atoms with Crippen LogP contribution in [0.15, 0.2) is 48.8 Å². The summed E-state index contributed by atoms with van der Waals surface area (Å²) in [5.41, 5.74) is 1.45. The molecule has 0 saturated carbocycles. The molecule has 0 spiro atoms. The zero-order chi connectivity index (χ0) is 18.6. The summed E-state index contributed by atoms with van der Waals surface area (Å²) in [6, 6.07) is 14.3. The first-order valence-electron chi connectivity index (χ1n) is 8.76. The van der Waals surface area contributed by atoms with E-state index in [2.05, 4.69) is 38.0 Å². The molecule has 0 amide bonds. The first-order chi connectivity index (χ1) is 13.2. The highest BCUT2D eigenvalue weighted by Gasteiger charge is 2.19. The highest BCUT2D eigenvalue weighted by molar-refractivity contribution is 7.15. The molecule has 3 heterocycles. The Balaban J connectivity index is 1.36. The third kappa shape index (κ3) is 4.11. The lowest BCUT2D eigenvalue weighted by atomic mass is 10.2. The third-order valence-corrected chi connectivity index (χ3v) is 6.06. The second-order valence-corrected chi connectivity index (χ2v) is 7.96. The Hall–Kier alpha value is -2.46. The van der Waals surface area contributed by atoms with Gasteiger partial charge in [-0.05, 0) is 18.2 Å². The highest BCUT2D eigenvalue weighted by Crippen LogP contribution is 2.33. The first-order valence-corrected chi connectivity index (χ1v) is 9.95. The van der Waals surface area contributed by atoms with Gasteiger partial charge in [-0.2, -0.15) is 5.26 Å². The van der Waals surface area contributed by atoms with E-state index >= 15 is 0 Å². The van der Waals surface area contributed by atoms with Crippen molar-refractivity contribution in [3.05, 3.63) is 64.4 Å². The molecule has 0 N–H and O–H groups in total. The van der Waals surface area contributed by atoms with Crippen molar-refractivity contribution >= 4 is 28.8 Å². The van der Waals surface area contributed by atoms with Gasteiger partial charge in [0.2, 0.25) is 0 Å². The summed E-state index contributed by atoms with van der Waals surface area (Å²) in [7, 11) is 0. The van der Waals surface area contributed by atoms with E-state index in [1.807, 2.05) is 24.3 Å². The lowest BCUT2D eigenvalue weighted by Crippen LogP contribution is -2.46. The highest BCUT2D eigenvalue weighted by atomic mass is 35.5. The van der Waals surface area contributed by atoms with Gasteiger partial charge in [0, 0.05) is 53.1 Å². The molecule has 5 nitrogen and oxygen atoms in total. The standard InChI is InChI=1S/C20H18ClN5S/c21-18-4-2-1-3-17(18)19-6-5-16(27-19)14-25-7-9-26(10-8-25)20-13-23-15(11-22)12-24-20/h1-6,12-13H,7-10,14H2. The smallest absolute Gasteiger partial charge is 0.158 e. The van der Waals surface area contributed by atoms with Crippen LogP contribution in [0.2, 0.25) is 5.02 Å². The van der Waals surface area contributed by atoms with Crippen LogP contribution in [0.5, 0.6) is 0 Å². The zero-order valence-corrected chi connectivity index (χ0v) is 16.2. The fourth-order valence-electron chi connectivity index (χ4n) is 3.17. The number of anilines is 1. The Morgan fingerprint density at radius 2 is 1.85 bits per heavy atom. The molecule has 136 valence electrons. The van der Waals surface area contributed by atoms with Gasteiger partial charge >= 0.3 is 0 Å². The Morgan fingerprint density at radius 1 is 1.04 bits per heavy atom. The van der Waals surface area contributed by atoms with Crippen LogP contribution in [-0.2, 0) is 6.54 Å². The molecule has 4 rings (SSSR count). The van der Waals surface area contributed by atoms with Gasteiger partial charge in [-0.15, -0.1) is 11.3 Å². The Bertz CT molecular complexity index is 955. The lowest BCUT2D eigenvalue weighted by Gasteiger charge is -2.34. The second-order valence-electron chi connectivity index (χ2n) is 6.38. The molecule has 1 aliphatic heterocycles. The quantitative estimate of drug-likeness (QED) is 0.667. The summed E-state index contributed by atoms with van der Waals surface area (Å²) < 4.78 is 0. The van der Waals surface area contributed by atoms with E-state index in [0.717, 1.165) is 49.1 Å². The maximum absolute atomic E-state index is 8.82. The minimum Gasteiger partial charge on any atom is -0.353 e. The molecule has 0 bridgehead atoms. The fourth-order valence-corrected chi connectivity index (χ4v) is 4.55. The van der Waals surface area contributed by atoms with E-state index < -0.39 is 0 Å². The third-order valence-electron chi connectivity index (χ3n) is 4.63. The minimum absolute atomic E-state index is 0.351. The van der Waals surface area contributed by atoms with E-state index in [0.29, 0.717) is 5.69 Å². The number of halogens is 1. The molecule has 2 aromatic heterocycles. The van der Waals surface area contributed by atoms with E-state index in [-0.39, 0.29) is 0 Å². The van der Waals surface area contributed by atoms with Crippen LogP contribution in [0.3, 0.4) is 0 Å². The Kier molecular flexibility index (Phi) is 5.35. The molecule has 1 fully saturated rings. The number of benzene rings is 1. The van der Waals surface area contributed by atoms with Gasteiger partial charge < -0.3 is 4.90 Å². The molecule has 1 saturated heterocycles. The predicted molar refractivity (Wildman–Crippen MR) is 109 cm³/mol. The van der Waals surface area contributed by atoms with Crippen LogP contribution in [0.1, 0.15) is 10.6 Å². The number of piperazine rings is 1. The van der Waals surface area contributed by atoms with Crippen LogP contribution < -0.4 is 4.90 Å². The largest absolute Gasteiger partial charge is 0.353 e. The topological polar surface area (TPSA) is 56.1 Å². The first kappa shape index (κ1) is 17.9. The molecular formula is C20H18ClN5S. The molecule has 0 aliphatic carbocycles. The monoisotopic (exact) mass is 395 g/mol. The number of nitrogens with zero attached hydrogens (tertiary/aromatic N) is 5. The summed E-state index contributed by atoms with van der Waals surface area (Å²) in [6.45, 7) is 4.71. The van der Waals surface area contributed by atoms with E-state index in [9.17, 15) is 0 Å². The maximum atomic E-state index is 8.82. The van der Waals surface area contributed by atoms with Gasteiger partial charge in [0.05, 0.1) is 12.4 Å². The molecule has 0 atom stereocenters. The SMILES string of the molecule is N#Cc1cnc(N2CCN(Cc3ccc(-c4ccccc4Cl)s3)CC2)cn1. The fraction of sp³-hybridized carbons (Fsp3) is 0.250. The van der Waals surface area contributed by atoms with Crippen molar-refractivity contribution in [1.82, 2.24) is 14.9 Å². The lowest BCUT2D eigenvalue weighted by molar-refractivity contribution is 0.251. The van der Waals surface area contributed by atoms with Gasteiger partial charge in [-0.3, -0.25) is 4.90 Å². The molecule has 27 heavy (non-hydrogen) atoms. The van der Waals surface area contributed by atoms with Crippen LogP contribution in [0, 0.1) is 11.3 Å². The number of nitriles is 1. The summed E-state index contributed by atoms with van der Waals surface area (Å²) in [5, 5.41) is 9.62. The zero-order valence-electron chi connectivity index (χ0n) is 14.7. The number of thiophene rings is 1. The molecule has 1 aliphatic rings.